The Hall–Kier alpha value is -2.14. The quantitative estimate of drug-likeness (QED) is 0.682. The van der Waals surface area contributed by atoms with Crippen LogP contribution in [0.3, 0.4) is 0 Å². The number of nitrogen functional groups attached to an aromatic ring is 1. The lowest BCUT2D eigenvalue weighted by atomic mass is 10.0. The van der Waals surface area contributed by atoms with Crippen LogP contribution in [0.25, 0.3) is 10.2 Å². The summed E-state index contributed by atoms with van der Waals surface area (Å²) < 4.78 is 0. The topological polar surface area (TPSA) is 63.8 Å². The van der Waals surface area contributed by atoms with Gasteiger partial charge in [0.15, 0.2) is 0 Å². The van der Waals surface area contributed by atoms with E-state index in [9.17, 15) is 0 Å². The van der Waals surface area contributed by atoms with E-state index in [1.54, 1.807) is 11.3 Å². The maximum Gasteiger partial charge on any atom is 0.139 e. The highest BCUT2D eigenvalue weighted by Gasteiger charge is 2.13. The van der Waals surface area contributed by atoms with Gasteiger partial charge in [-0.3, -0.25) is 0 Å². The SMILES string of the molecule is Cc1nc(NCc2ccc(N)cc2)c2c(CC(C)C)csc2n1. The summed E-state index contributed by atoms with van der Waals surface area (Å²) >= 11 is 1.70. The summed E-state index contributed by atoms with van der Waals surface area (Å²) in [6, 6.07) is 7.92. The Bertz CT molecular complexity index is 806. The summed E-state index contributed by atoms with van der Waals surface area (Å²) in [7, 11) is 0. The fourth-order valence-electron chi connectivity index (χ4n) is 2.65. The molecule has 23 heavy (non-hydrogen) atoms. The molecule has 0 fully saturated rings. The number of nitrogens with two attached hydrogens (primary N) is 1. The van der Waals surface area contributed by atoms with Crippen molar-refractivity contribution in [2.24, 2.45) is 5.92 Å². The minimum absolute atomic E-state index is 0.610. The molecule has 0 saturated heterocycles. The van der Waals surface area contributed by atoms with Crippen LogP contribution in [0.15, 0.2) is 29.6 Å². The van der Waals surface area contributed by atoms with Crippen molar-refractivity contribution in [3.63, 3.8) is 0 Å². The van der Waals surface area contributed by atoms with Gasteiger partial charge in [0, 0.05) is 12.2 Å². The monoisotopic (exact) mass is 326 g/mol. The Labute approximate surface area is 140 Å². The molecule has 1 aromatic carbocycles. The third kappa shape index (κ3) is 3.62. The van der Waals surface area contributed by atoms with Gasteiger partial charge in [-0.25, -0.2) is 9.97 Å². The molecule has 0 amide bonds. The zero-order chi connectivity index (χ0) is 16.4. The van der Waals surface area contributed by atoms with E-state index in [0.29, 0.717) is 5.92 Å². The molecule has 0 aliphatic heterocycles. The first kappa shape index (κ1) is 15.7. The van der Waals surface area contributed by atoms with Gasteiger partial charge >= 0.3 is 0 Å². The fraction of sp³-hybridized carbons (Fsp3) is 0.333. The number of fused-ring (bicyclic) bond motifs is 1. The second kappa shape index (κ2) is 6.54. The van der Waals surface area contributed by atoms with Gasteiger partial charge in [-0.1, -0.05) is 26.0 Å². The van der Waals surface area contributed by atoms with E-state index in [0.717, 1.165) is 35.1 Å². The molecule has 0 bridgehead atoms. The maximum atomic E-state index is 5.74. The number of nitrogens with zero attached hydrogens (tertiary/aromatic N) is 2. The summed E-state index contributed by atoms with van der Waals surface area (Å²) in [5, 5.41) is 6.87. The van der Waals surface area contributed by atoms with E-state index in [1.807, 2.05) is 31.2 Å². The zero-order valence-corrected chi connectivity index (χ0v) is 14.6. The number of benzene rings is 1. The van der Waals surface area contributed by atoms with Crippen molar-refractivity contribution in [1.29, 1.82) is 0 Å². The van der Waals surface area contributed by atoms with Crippen LogP contribution in [0, 0.1) is 12.8 Å². The van der Waals surface area contributed by atoms with Gasteiger partial charge in [-0.2, -0.15) is 0 Å². The van der Waals surface area contributed by atoms with E-state index >= 15 is 0 Å². The first-order valence-corrected chi connectivity index (χ1v) is 8.74. The van der Waals surface area contributed by atoms with Gasteiger partial charge in [0.1, 0.15) is 16.5 Å². The highest BCUT2D eigenvalue weighted by atomic mass is 32.1. The summed E-state index contributed by atoms with van der Waals surface area (Å²) in [6.07, 6.45) is 1.04. The molecular formula is C18H22N4S. The lowest BCUT2D eigenvalue weighted by Crippen LogP contribution is -2.05. The average Bonchev–Trinajstić information content (AvgIpc) is 2.88. The number of hydrogen-bond donors (Lipinski definition) is 2. The van der Waals surface area contributed by atoms with Crippen LogP contribution in [0.5, 0.6) is 0 Å². The molecular weight excluding hydrogens is 304 g/mol. The van der Waals surface area contributed by atoms with Gasteiger partial charge in [-0.15, -0.1) is 11.3 Å². The van der Waals surface area contributed by atoms with Gasteiger partial charge in [-0.05, 0) is 47.9 Å². The number of aromatic nitrogens is 2. The Morgan fingerprint density at radius 2 is 1.91 bits per heavy atom. The minimum atomic E-state index is 0.610. The molecule has 2 aromatic heterocycles. The van der Waals surface area contributed by atoms with Gasteiger partial charge in [0.2, 0.25) is 0 Å². The molecule has 120 valence electrons. The normalized spacial score (nSPS) is 11.3. The summed E-state index contributed by atoms with van der Waals surface area (Å²) in [6.45, 7) is 7.14. The Balaban J connectivity index is 1.91. The van der Waals surface area contributed by atoms with Gasteiger partial charge in [0.05, 0.1) is 5.39 Å². The van der Waals surface area contributed by atoms with Gasteiger partial charge < -0.3 is 11.1 Å². The molecule has 3 aromatic rings. The van der Waals surface area contributed by atoms with Crippen LogP contribution < -0.4 is 11.1 Å². The molecule has 4 nitrogen and oxygen atoms in total. The molecule has 0 spiro atoms. The van der Waals surface area contributed by atoms with Crippen LogP contribution in [0.4, 0.5) is 11.5 Å². The van der Waals surface area contributed by atoms with Crippen molar-refractivity contribution in [3.05, 3.63) is 46.6 Å². The molecule has 0 unspecified atom stereocenters. The van der Waals surface area contributed by atoms with E-state index in [4.69, 9.17) is 5.73 Å². The van der Waals surface area contributed by atoms with Crippen LogP contribution >= 0.6 is 11.3 Å². The van der Waals surface area contributed by atoms with Crippen LogP contribution in [0.2, 0.25) is 0 Å². The van der Waals surface area contributed by atoms with Crippen molar-refractivity contribution in [2.45, 2.75) is 33.7 Å². The molecule has 5 heteroatoms. The van der Waals surface area contributed by atoms with Gasteiger partial charge in [0.25, 0.3) is 0 Å². The van der Waals surface area contributed by atoms with Crippen molar-refractivity contribution < 1.29 is 0 Å². The first-order valence-electron chi connectivity index (χ1n) is 7.86. The molecule has 3 N–H and O–H groups in total. The fourth-order valence-corrected chi connectivity index (χ4v) is 3.65. The number of thiophene rings is 1. The molecule has 0 atom stereocenters. The molecule has 0 saturated carbocycles. The van der Waals surface area contributed by atoms with E-state index in [1.165, 1.54) is 16.5 Å². The van der Waals surface area contributed by atoms with Crippen LogP contribution in [-0.2, 0) is 13.0 Å². The van der Waals surface area contributed by atoms with Crippen molar-refractivity contribution in [2.75, 3.05) is 11.1 Å². The lowest BCUT2D eigenvalue weighted by molar-refractivity contribution is 0.651. The molecule has 2 heterocycles. The maximum absolute atomic E-state index is 5.74. The Kier molecular flexibility index (Phi) is 4.48. The molecule has 0 aliphatic rings. The molecule has 3 rings (SSSR count). The predicted molar refractivity (Wildman–Crippen MR) is 98.9 cm³/mol. The van der Waals surface area contributed by atoms with Crippen molar-refractivity contribution in [1.82, 2.24) is 9.97 Å². The first-order chi connectivity index (χ1) is 11.0. The molecule has 0 aliphatic carbocycles. The smallest absolute Gasteiger partial charge is 0.139 e. The number of nitrogens with one attached hydrogen (secondary N) is 1. The Morgan fingerprint density at radius 1 is 1.17 bits per heavy atom. The second-order valence-electron chi connectivity index (χ2n) is 6.25. The van der Waals surface area contributed by atoms with Crippen molar-refractivity contribution in [3.8, 4) is 0 Å². The average molecular weight is 326 g/mol. The van der Waals surface area contributed by atoms with Crippen LogP contribution in [0.1, 0.15) is 30.8 Å². The number of hydrogen-bond acceptors (Lipinski definition) is 5. The predicted octanol–water partition coefficient (Wildman–Crippen LogP) is 4.39. The zero-order valence-electron chi connectivity index (χ0n) is 13.8. The minimum Gasteiger partial charge on any atom is -0.399 e. The van der Waals surface area contributed by atoms with E-state index < -0.39 is 0 Å². The number of aryl methyl sites for hydroxylation is 1. The lowest BCUT2D eigenvalue weighted by Gasteiger charge is -2.10. The highest BCUT2D eigenvalue weighted by Crippen LogP contribution is 2.31. The standard InChI is InChI=1S/C18H22N4S/c1-11(2)8-14-10-23-18-16(14)17(21-12(3)22-18)20-9-13-4-6-15(19)7-5-13/h4-7,10-11H,8-9,19H2,1-3H3,(H,20,21,22). The third-order valence-corrected chi connectivity index (χ3v) is 4.61. The van der Waals surface area contributed by atoms with E-state index in [-0.39, 0.29) is 0 Å². The molecule has 0 radical (unpaired) electrons. The Morgan fingerprint density at radius 3 is 2.61 bits per heavy atom. The summed E-state index contributed by atoms with van der Waals surface area (Å²) in [4.78, 5) is 10.3. The summed E-state index contributed by atoms with van der Waals surface area (Å²) in [5.74, 6) is 2.34. The van der Waals surface area contributed by atoms with Crippen molar-refractivity contribution >= 4 is 33.1 Å². The van der Waals surface area contributed by atoms with E-state index in [2.05, 4.69) is 34.5 Å². The second-order valence-corrected chi connectivity index (χ2v) is 7.11. The third-order valence-electron chi connectivity index (χ3n) is 3.69. The summed E-state index contributed by atoms with van der Waals surface area (Å²) in [5.41, 5.74) is 9.04. The van der Waals surface area contributed by atoms with Crippen LogP contribution in [-0.4, -0.2) is 9.97 Å². The number of anilines is 2. The highest BCUT2D eigenvalue weighted by molar-refractivity contribution is 7.17. The largest absolute Gasteiger partial charge is 0.399 e. The number of rotatable bonds is 5.